The maximum Gasteiger partial charge on any atom is 0.313 e. The maximum absolute atomic E-state index is 11.9. The fourth-order valence-corrected chi connectivity index (χ4v) is 2.95. The van der Waals surface area contributed by atoms with E-state index in [4.69, 9.17) is 4.74 Å². The number of nitrogens with zero attached hydrogens (tertiary/aromatic N) is 1. The van der Waals surface area contributed by atoms with Crippen LogP contribution in [0, 0.1) is 5.92 Å². The second-order valence-corrected chi connectivity index (χ2v) is 5.74. The van der Waals surface area contributed by atoms with Crippen molar-refractivity contribution >= 4 is 29.0 Å². The molecule has 0 spiro atoms. The van der Waals surface area contributed by atoms with Gasteiger partial charge in [0.1, 0.15) is 12.2 Å². The van der Waals surface area contributed by atoms with Crippen LogP contribution in [0.2, 0.25) is 0 Å². The van der Waals surface area contributed by atoms with Crippen molar-refractivity contribution in [1.82, 2.24) is 4.90 Å². The van der Waals surface area contributed by atoms with E-state index in [-0.39, 0.29) is 37.1 Å². The maximum atomic E-state index is 11.9. The van der Waals surface area contributed by atoms with Crippen LogP contribution in [-0.2, 0) is 25.7 Å². The van der Waals surface area contributed by atoms with Gasteiger partial charge in [0, 0.05) is 23.8 Å². The van der Waals surface area contributed by atoms with E-state index >= 15 is 0 Å². The molecule has 108 valence electrons. The van der Waals surface area contributed by atoms with Gasteiger partial charge in [-0.1, -0.05) is 6.07 Å². The lowest BCUT2D eigenvalue weighted by atomic mass is 10.0. The van der Waals surface area contributed by atoms with Crippen LogP contribution in [0.3, 0.4) is 0 Å². The summed E-state index contributed by atoms with van der Waals surface area (Å²) in [6, 6.07) is 3.90. The van der Waals surface area contributed by atoms with Crippen molar-refractivity contribution in [2.75, 3.05) is 13.2 Å². The van der Waals surface area contributed by atoms with E-state index < -0.39 is 5.97 Å². The Morgan fingerprint density at radius 1 is 1.50 bits per heavy atom. The number of carbonyl (C=O) groups excluding carboxylic acids is 3. The normalized spacial score (nSPS) is 18.4. The molecule has 1 fully saturated rings. The molecule has 6 heteroatoms. The van der Waals surface area contributed by atoms with E-state index in [1.807, 2.05) is 17.5 Å². The number of thiophene rings is 1. The molecule has 2 rings (SSSR count). The van der Waals surface area contributed by atoms with Crippen LogP contribution in [0.25, 0.3) is 0 Å². The molecule has 1 aliphatic heterocycles. The summed E-state index contributed by atoms with van der Waals surface area (Å²) < 4.78 is 4.75. The van der Waals surface area contributed by atoms with Crippen molar-refractivity contribution in [3.05, 3.63) is 22.4 Å². The van der Waals surface area contributed by atoms with E-state index in [1.54, 1.807) is 23.2 Å². The van der Waals surface area contributed by atoms with Crippen molar-refractivity contribution in [2.24, 2.45) is 5.92 Å². The Balaban J connectivity index is 1.88. The lowest BCUT2D eigenvalue weighted by Crippen LogP contribution is -2.26. The van der Waals surface area contributed by atoms with Crippen molar-refractivity contribution in [1.29, 1.82) is 0 Å². The standard InChI is InChI=1S/C14H17NO4S/c1-2-19-14(18)7-12(16)10-6-13(17)15(8-10)9-11-4-3-5-20-11/h3-5,10H,2,6-9H2,1H3. The smallest absolute Gasteiger partial charge is 0.313 e. The summed E-state index contributed by atoms with van der Waals surface area (Å²) in [5, 5.41) is 1.96. The molecule has 20 heavy (non-hydrogen) atoms. The van der Waals surface area contributed by atoms with Gasteiger partial charge in [-0.15, -0.1) is 11.3 Å². The first-order valence-corrected chi connectivity index (χ1v) is 7.46. The van der Waals surface area contributed by atoms with E-state index in [2.05, 4.69) is 0 Å². The van der Waals surface area contributed by atoms with Gasteiger partial charge >= 0.3 is 5.97 Å². The molecule has 5 nitrogen and oxygen atoms in total. The van der Waals surface area contributed by atoms with Crippen LogP contribution in [-0.4, -0.2) is 35.7 Å². The van der Waals surface area contributed by atoms with Crippen molar-refractivity contribution < 1.29 is 19.1 Å². The predicted octanol–water partition coefficient (Wildman–Crippen LogP) is 1.62. The Kier molecular flexibility index (Phi) is 4.89. The monoisotopic (exact) mass is 295 g/mol. The topological polar surface area (TPSA) is 63.7 Å². The number of hydrogen-bond donors (Lipinski definition) is 0. The molecular formula is C14H17NO4S. The minimum absolute atomic E-state index is 0.0272. The molecule has 0 radical (unpaired) electrons. The predicted molar refractivity (Wildman–Crippen MR) is 74.1 cm³/mol. The molecule has 1 aliphatic rings. The number of rotatable bonds is 6. The van der Waals surface area contributed by atoms with Crippen molar-refractivity contribution in [3.8, 4) is 0 Å². The molecule has 1 aromatic heterocycles. The molecular weight excluding hydrogens is 278 g/mol. The van der Waals surface area contributed by atoms with Gasteiger partial charge in [0.25, 0.3) is 0 Å². The first-order valence-electron chi connectivity index (χ1n) is 6.58. The quantitative estimate of drug-likeness (QED) is 0.591. The number of amides is 1. The molecule has 1 unspecified atom stereocenters. The zero-order valence-corrected chi connectivity index (χ0v) is 12.1. The van der Waals surface area contributed by atoms with Gasteiger partial charge in [-0.25, -0.2) is 0 Å². The molecule has 0 saturated carbocycles. The second kappa shape index (κ2) is 6.65. The summed E-state index contributed by atoms with van der Waals surface area (Å²) >= 11 is 1.59. The number of Topliss-reactive ketones (excluding diaryl/α,β-unsaturated/α-hetero) is 1. The van der Waals surface area contributed by atoms with Crippen LogP contribution in [0.5, 0.6) is 0 Å². The highest BCUT2D eigenvalue weighted by atomic mass is 32.1. The van der Waals surface area contributed by atoms with Gasteiger partial charge in [0.15, 0.2) is 0 Å². The van der Waals surface area contributed by atoms with E-state index in [0.29, 0.717) is 13.1 Å². The second-order valence-electron chi connectivity index (χ2n) is 4.70. The van der Waals surface area contributed by atoms with Gasteiger partial charge in [-0.2, -0.15) is 0 Å². The largest absolute Gasteiger partial charge is 0.466 e. The van der Waals surface area contributed by atoms with E-state index in [1.165, 1.54) is 0 Å². The summed E-state index contributed by atoms with van der Waals surface area (Å²) in [6.07, 6.45) is -0.0394. The zero-order chi connectivity index (χ0) is 14.5. The highest BCUT2D eigenvalue weighted by molar-refractivity contribution is 7.09. The van der Waals surface area contributed by atoms with Crippen LogP contribution in [0.15, 0.2) is 17.5 Å². The number of carbonyl (C=O) groups is 3. The van der Waals surface area contributed by atoms with Gasteiger partial charge < -0.3 is 9.64 Å². The Bertz CT molecular complexity index is 497. The third-order valence-corrected chi connectivity index (χ3v) is 4.08. The number of ketones is 1. The molecule has 0 aliphatic carbocycles. The Morgan fingerprint density at radius 3 is 2.95 bits per heavy atom. The molecule has 1 atom stereocenters. The van der Waals surface area contributed by atoms with Gasteiger partial charge in [-0.05, 0) is 18.4 Å². The summed E-state index contributed by atoms with van der Waals surface area (Å²) in [5.74, 6) is -1.13. The van der Waals surface area contributed by atoms with Crippen LogP contribution in [0.1, 0.15) is 24.6 Å². The van der Waals surface area contributed by atoms with Crippen molar-refractivity contribution in [2.45, 2.75) is 26.3 Å². The van der Waals surface area contributed by atoms with Crippen LogP contribution >= 0.6 is 11.3 Å². The number of likely N-dealkylation sites (tertiary alicyclic amines) is 1. The Hall–Kier alpha value is -1.69. The average Bonchev–Trinajstić information content (AvgIpc) is 3.01. The summed E-state index contributed by atoms with van der Waals surface area (Å²) in [7, 11) is 0. The lowest BCUT2D eigenvalue weighted by molar-refractivity contribution is -0.146. The molecule has 0 aromatic carbocycles. The minimum Gasteiger partial charge on any atom is -0.466 e. The summed E-state index contributed by atoms with van der Waals surface area (Å²) in [6.45, 7) is 2.90. The highest BCUT2D eigenvalue weighted by Gasteiger charge is 2.34. The fourth-order valence-electron chi connectivity index (χ4n) is 2.23. The molecule has 0 N–H and O–H groups in total. The van der Waals surface area contributed by atoms with Gasteiger partial charge in [-0.3, -0.25) is 14.4 Å². The van der Waals surface area contributed by atoms with Crippen LogP contribution < -0.4 is 0 Å². The van der Waals surface area contributed by atoms with E-state index in [9.17, 15) is 14.4 Å². The van der Waals surface area contributed by atoms with Crippen molar-refractivity contribution in [3.63, 3.8) is 0 Å². The first-order chi connectivity index (χ1) is 9.60. The zero-order valence-electron chi connectivity index (χ0n) is 11.3. The number of esters is 1. The van der Waals surface area contributed by atoms with Gasteiger partial charge in [0.2, 0.25) is 5.91 Å². The highest BCUT2D eigenvalue weighted by Crippen LogP contribution is 2.23. The fraction of sp³-hybridized carbons (Fsp3) is 0.500. The average molecular weight is 295 g/mol. The Morgan fingerprint density at radius 2 is 2.30 bits per heavy atom. The third-order valence-electron chi connectivity index (χ3n) is 3.22. The molecule has 1 amide bonds. The third kappa shape index (κ3) is 3.66. The molecule has 0 bridgehead atoms. The SMILES string of the molecule is CCOC(=O)CC(=O)C1CC(=O)N(Cc2cccs2)C1. The first kappa shape index (κ1) is 14.7. The molecule has 1 aromatic rings. The Labute approximate surface area is 121 Å². The van der Waals surface area contributed by atoms with E-state index in [0.717, 1.165) is 4.88 Å². The van der Waals surface area contributed by atoms with Gasteiger partial charge in [0.05, 0.1) is 13.2 Å². The molecule has 1 saturated heterocycles. The summed E-state index contributed by atoms with van der Waals surface area (Å²) in [5.41, 5.74) is 0. The number of hydrogen-bond acceptors (Lipinski definition) is 5. The minimum atomic E-state index is -0.512. The number of ether oxygens (including phenoxy) is 1. The lowest BCUT2D eigenvalue weighted by Gasteiger charge is -2.15. The molecule has 2 heterocycles. The van der Waals surface area contributed by atoms with Crippen LogP contribution in [0.4, 0.5) is 0 Å². The summed E-state index contributed by atoms with van der Waals surface area (Å²) in [4.78, 5) is 37.9.